The Morgan fingerprint density at radius 3 is 0.700 bits per heavy atom. The number of hydrogen-bond donors (Lipinski definition) is 0. The van der Waals surface area contributed by atoms with Gasteiger partial charge in [0.05, 0.1) is 0 Å². The average molecular weight is 1120 g/mol. The summed E-state index contributed by atoms with van der Waals surface area (Å²) in [6.45, 7) is 6.69. The van der Waals surface area contributed by atoms with Crippen molar-refractivity contribution in [1.29, 1.82) is 0 Å². The summed E-state index contributed by atoms with van der Waals surface area (Å²) in [7, 11) is 0. The summed E-state index contributed by atoms with van der Waals surface area (Å²) in [6.07, 6.45) is 86.2. The standard InChI is InChI=1S/C74H138O6/c1-4-7-10-13-16-19-22-25-28-29-30-31-32-33-34-35-36-37-38-39-40-41-42-43-44-45-47-49-52-55-58-61-64-67-73(76)79-70-71(69-78-72(75)66-63-60-57-54-51-48-27-24-21-18-15-12-9-6-3)80-74(77)68-65-62-59-56-53-50-46-26-23-20-17-14-11-8-5-2/h22,25-26,29-30,46,71H,4-21,23-24,27-28,31-45,47-70H2,1-3H3/b25-22-,30-29-,46-26-. The van der Waals surface area contributed by atoms with Gasteiger partial charge in [0.25, 0.3) is 0 Å². The van der Waals surface area contributed by atoms with Crippen molar-refractivity contribution in [3.05, 3.63) is 36.5 Å². The Morgan fingerprint density at radius 2 is 0.450 bits per heavy atom. The van der Waals surface area contributed by atoms with E-state index in [-0.39, 0.29) is 31.1 Å². The van der Waals surface area contributed by atoms with Crippen molar-refractivity contribution in [2.45, 2.75) is 406 Å². The molecule has 0 radical (unpaired) electrons. The molecule has 0 fully saturated rings. The highest BCUT2D eigenvalue weighted by molar-refractivity contribution is 5.71. The molecule has 0 aliphatic heterocycles. The quantitative estimate of drug-likeness (QED) is 0.0261. The molecule has 0 aromatic heterocycles. The maximum absolute atomic E-state index is 12.9. The van der Waals surface area contributed by atoms with Crippen LogP contribution in [-0.2, 0) is 28.6 Å². The second-order valence-electron chi connectivity index (χ2n) is 24.5. The van der Waals surface area contributed by atoms with Crippen LogP contribution in [0.1, 0.15) is 400 Å². The predicted octanol–water partition coefficient (Wildman–Crippen LogP) is 24.7. The molecular formula is C74H138O6. The van der Waals surface area contributed by atoms with Crippen LogP contribution in [-0.4, -0.2) is 37.2 Å². The third-order valence-electron chi connectivity index (χ3n) is 16.4. The molecule has 80 heavy (non-hydrogen) atoms. The smallest absolute Gasteiger partial charge is 0.306 e. The van der Waals surface area contributed by atoms with Gasteiger partial charge in [0.15, 0.2) is 6.10 Å². The van der Waals surface area contributed by atoms with Crippen LogP contribution in [0, 0.1) is 0 Å². The minimum atomic E-state index is -0.773. The summed E-state index contributed by atoms with van der Waals surface area (Å²) in [6, 6.07) is 0. The van der Waals surface area contributed by atoms with Crippen molar-refractivity contribution in [3.8, 4) is 0 Å². The molecule has 1 unspecified atom stereocenters. The van der Waals surface area contributed by atoms with Crippen LogP contribution in [0.15, 0.2) is 36.5 Å². The molecule has 6 heteroatoms. The zero-order valence-corrected chi connectivity index (χ0v) is 54.1. The fraction of sp³-hybridized carbons (Fsp3) is 0.878. The lowest BCUT2D eigenvalue weighted by Crippen LogP contribution is -2.30. The van der Waals surface area contributed by atoms with Crippen molar-refractivity contribution in [2.75, 3.05) is 13.2 Å². The Balaban J connectivity index is 4.10. The van der Waals surface area contributed by atoms with Gasteiger partial charge in [-0.3, -0.25) is 14.4 Å². The van der Waals surface area contributed by atoms with Gasteiger partial charge in [-0.1, -0.05) is 340 Å². The molecule has 0 saturated heterocycles. The molecule has 0 heterocycles. The number of carbonyl (C=O) groups is 3. The Bertz CT molecular complexity index is 1340. The summed E-state index contributed by atoms with van der Waals surface area (Å²) in [5.41, 5.74) is 0. The summed E-state index contributed by atoms with van der Waals surface area (Å²) < 4.78 is 17.0. The van der Waals surface area contributed by atoms with Gasteiger partial charge >= 0.3 is 17.9 Å². The first-order chi connectivity index (χ1) is 39.5. The number of unbranched alkanes of at least 4 members (excludes halogenated alkanes) is 50. The first-order valence-electron chi connectivity index (χ1n) is 36.0. The van der Waals surface area contributed by atoms with Gasteiger partial charge in [0.2, 0.25) is 0 Å². The zero-order valence-electron chi connectivity index (χ0n) is 54.1. The van der Waals surface area contributed by atoms with Gasteiger partial charge in [-0.2, -0.15) is 0 Å². The lowest BCUT2D eigenvalue weighted by molar-refractivity contribution is -0.167. The third-order valence-corrected chi connectivity index (χ3v) is 16.4. The van der Waals surface area contributed by atoms with Crippen molar-refractivity contribution in [3.63, 3.8) is 0 Å². The highest BCUT2D eigenvalue weighted by atomic mass is 16.6. The maximum Gasteiger partial charge on any atom is 0.306 e. The van der Waals surface area contributed by atoms with Crippen LogP contribution in [0.2, 0.25) is 0 Å². The summed E-state index contributed by atoms with van der Waals surface area (Å²) >= 11 is 0. The van der Waals surface area contributed by atoms with E-state index < -0.39 is 6.10 Å². The van der Waals surface area contributed by atoms with E-state index in [1.807, 2.05) is 0 Å². The minimum Gasteiger partial charge on any atom is -0.462 e. The lowest BCUT2D eigenvalue weighted by atomic mass is 10.0. The van der Waals surface area contributed by atoms with Crippen LogP contribution < -0.4 is 0 Å². The van der Waals surface area contributed by atoms with E-state index >= 15 is 0 Å². The fourth-order valence-electron chi connectivity index (χ4n) is 10.9. The Morgan fingerprint density at radius 1 is 0.250 bits per heavy atom. The van der Waals surface area contributed by atoms with E-state index in [0.29, 0.717) is 19.3 Å². The van der Waals surface area contributed by atoms with Gasteiger partial charge in [-0.15, -0.1) is 0 Å². The van der Waals surface area contributed by atoms with Crippen LogP contribution in [0.3, 0.4) is 0 Å². The number of rotatable bonds is 67. The van der Waals surface area contributed by atoms with E-state index in [4.69, 9.17) is 14.2 Å². The van der Waals surface area contributed by atoms with Gasteiger partial charge in [-0.05, 0) is 77.0 Å². The molecule has 0 rings (SSSR count). The first-order valence-corrected chi connectivity index (χ1v) is 36.0. The lowest BCUT2D eigenvalue weighted by Gasteiger charge is -2.18. The van der Waals surface area contributed by atoms with Gasteiger partial charge in [0, 0.05) is 19.3 Å². The van der Waals surface area contributed by atoms with Gasteiger partial charge < -0.3 is 14.2 Å². The Kier molecular flexibility index (Phi) is 67.1. The largest absolute Gasteiger partial charge is 0.462 e. The highest BCUT2D eigenvalue weighted by Gasteiger charge is 2.19. The number of hydrogen-bond acceptors (Lipinski definition) is 6. The van der Waals surface area contributed by atoms with E-state index in [9.17, 15) is 14.4 Å². The molecule has 0 aromatic carbocycles. The first kappa shape index (κ1) is 77.6. The molecule has 0 saturated carbocycles. The molecule has 0 aliphatic carbocycles. The van der Waals surface area contributed by atoms with E-state index in [2.05, 4.69) is 57.2 Å². The summed E-state index contributed by atoms with van der Waals surface area (Å²) in [5.74, 6) is -0.848. The third kappa shape index (κ3) is 66.4. The van der Waals surface area contributed by atoms with E-state index in [1.54, 1.807) is 0 Å². The molecule has 1 atom stereocenters. The molecule has 0 amide bonds. The predicted molar refractivity (Wildman–Crippen MR) is 349 cm³/mol. The van der Waals surface area contributed by atoms with E-state index in [0.717, 1.165) is 70.6 Å². The van der Waals surface area contributed by atoms with Crippen LogP contribution in [0.4, 0.5) is 0 Å². The molecule has 0 bridgehead atoms. The fourth-order valence-corrected chi connectivity index (χ4v) is 10.9. The van der Waals surface area contributed by atoms with Crippen molar-refractivity contribution < 1.29 is 28.6 Å². The maximum atomic E-state index is 12.9. The van der Waals surface area contributed by atoms with Crippen molar-refractivity contribution in [1.82, 2.24) is 0 Å². The zero-order chi connectivity index (χ0) is 57.8. The van der Waals surface area contributed by atoms with Crippen LogP contribution in [0.5, 0.6) is 0 Å². The second-order valence-corrected chi connectivity index (χ2v) is 24.5. The topological polar surface area (TPSA) is 78.9 Å². The van der Waals surface area contributed by atoms with Crippen LogP contribution in [0.25, 0.3) is 0 Å². The highest BCUT2D eigenvalue weighted by Crippen LogP contribution is 2.18. The monoisotopic (exact) mass is 1120 g/mol. The molecule has 0 spiro atoms. The van der Waals surface area contributed by atoms with Crippen LogP contribution >= 0.6 is 0 Å². The van der Waals surface area contributed by atoms with E-state index in [1.165, 1.54) is 289 Å². The van der Waals surface area contributed by atoms with Crippen molar-refractivity contribution >= 4 is 17.9 Å². The Hall–Kier alpha value is -2.37. The number of allylic oxidation sites excluding steroid dienone is 6. The average Bonchev–Trinajstić information content (AvgIpc) is 3.46. The molecule has 0 aliphatic rings. The van der Waals surface area contributed by atoms with Gasteiger partial charge in [-0.25, -0.2) is 0 Å². The van der Waals surface area contributed by atoms with Gasteiger partial charge in [0.1, 0.15) is 13.2 Å². The Labute approximate surface area is 499 Å². The minimum absolute atomic E-state index is 0.0690. The normalized spacial score (nSPS) is 12.2. The number of carbonyl (C=O) groups excluding carboxylic acids is 3. The number of ether oxygens (including phenoxy) is 3. The molecule has 0 aromatic rings. The SMILES string of the molecule is CCCCCCC/C=C\C/C=C\CCCCCCCCCCCCCCCCCCCCCCCC(=O)OCC(COC(=O)CCCCCCCCCCCCCCCC)OC(=O)CCCCCCC/C=C\CCCCCCCC. The molecule has 0 N–H and O–H groups in total. The van der Waals surface area contributed by atoms with Crippen molar-refractivity contribution in [2.24, 2.45) is 0 Å². The molecule has 470 valence electrons. The number of esters is 3. The summed E-state index contributed by atoms with van der Waals surface area (Å²) in [4.78, 5) is 38.4. The molecular weight excluding hydrogens is 985 g/mol. The second kappa shape index (κ2) is 69.1. The molecule has 6 nitrogen and oxygen atoms in total. The summed E-state index contributed by atoms with van der Waals surface area (Å²) in [5, 5.41) is 0.